The number of hydrogen-bond donors (Lipinski definition) is 2. The summed E-state index contributed by atoms with van der Waals surface area (Å²) in [6.07, 6.45) is 2.73. The number of carbonyl (C=O) groups excluding carboxylic acids is 3. The van der Waals surface area contributed by atoms with Crippen molar-refractivity contribution in [1.82, 2.24) is 15.1 Å². The number of likely N-dealkylation sites (tertiary alicyclic amines) is 1. The molecule has 8 heteroatoms. The Bertz CT molecular complexity index is 768. The molecule has 0 aromatic heterocycles. The van der Waals surface area contributed by atoms with E-state index in [2.05, 4.69) is 15.5 Å². The number of amides is 3. The van der Waals surface area contributed by atoms with E-state index in [1.165, 1.54) is 11.8 Å². The molecule has 0 radical (unpaired) electrons. The zero-order valence-electron chi connectivity index (χ0n) is 16.7. The van der Waals surface area contributed by atoms with Crippen molar-refractivity contribution < 1.29 is 14.4 Å². The topological polar surface area (TPSA) is 81.8 Å². The van der Waals surface area contributed by atoms with Gasteiger partial charge in [-0.1, -0.05) is 0 Å². The molecule has 2 N–H and O–H groups in total. The summed E-state index contributed by atoms with van der Waals surface area (Å²) < 4.78 is 0. The molecule has 1 aromatic rings. The number of anilines is 1. The predicted molar refractivity (Wildman–Crippen MR) is 111 cm³/mol. The minimum atomic E-state index is -0.150. The largest absolute Gasteiger partial charge is 0.352 e. The Morgan fingerprint density at radius 3 is 2.89 bits per heavy atom. The molecule has 1 saturated heterocycles. The third kappa shape index (κ3) is 4.67. The minimum absolute atomic E-state index is 0.0325. The molecule has 0 aliphatic carbocycles. The summed E-state index contributed by atoms with van der Waals surface area (Å²) in [6.45, 7) is 4.13. The van der Waals surface area contributed by atoms with Crippen molar-refractivity contribution in [2.45, 2.75) is 42.4 Å². The quantitative estimate of drug-likeness (QED) is 0.707. The lowest BCUT2D eigenvalue weighted by atomic mass is 10.1. The monoisotopic (exact) mass is 404 g/mol. The number of fused-ring (bicyclic) bond motifs is 1. The van der Waals surface area contributed by atoms with Crippen LogP contribution in [0.15, 0.2) is 23.1 Å². The molecule has 2 aliphatic rings. The summed E-state index contributed by atoms with van der Waals surface area (Å²) >= 11 is 1.50. The molecule has 0 spiro atoms. The summed E-state index contributed by atoms with van der Waals surface area (Å²) in [4.78, 5) is 41.3. The number of nitrogens with zero attached hydrogens (tertiary/aromatic N) is 2. The zero-order valence-corrected chi connectivity index (χ0v) is 17.5. The van der Waals surface area contributed by atoms with Gasteiger partial charge in [0.25, 0.3) is 5.91 Å². The molecule has 2 aliphatic heterocycles. The number of nitrogens with one attached hydrogen (secondary N) is 2. The first-order valence-electron chi connectivity index (χ1n) is 9.72. The van der Waals surface area contributed by atoms with E-state index in [1.807, 2.05) is 13.0 Å². The van der Waals surface area contributed by atoms with Gasteiger partial charge in [-0.2, -0.15) is 0 Å². The van der Waals surface area contributed by atoms with Crippen LogP contribution in [0.3, 0.4) is 0 Å². The van der Waals surface area contributed by atoms with Crippen LogP contribution >= 0.6 is 11.8 Å². The van der Waals surface area contributed by atoms with Crippen molar-refractivity contribution in [3.05, 3.63) is 23.8 Å². The summed E-state index contributed by atoms with van der Waals surface area (Å²) in [5.74, 6) is -0.0321. The number of carbonyl (C=O) groups is 3. The summed E-state index contributed by atoms with van der Waals surface area (Å²) in [6, 6.07) is 5.37. The van der Waals surface area contributed by atoms with Crippen LogP contribution in [-0.4, -0.2) is 72.5 Å². The van der Waals surface area contributed by atoms with Gasteiger partial charge < -0.3 is 15.5 Å². The van der Waals surface area contributed by atoms with Crippen LogP contribution in [0.5, 0.6) is 0 Å². The Kier molecular flexibility index (Phi) is 6.61. The van der Waals surface area contributed by atoms with Gasteiger partial charge in [-0.25, -0.2) is 0 Å². The lowest BCUT2D eigenvalue weighted by molar-refractivity contribution is -0.133. The van der Waals surface area contributed by atoms with E-state index in [0.29, 0.717) is 17.8 Å². The first-order chi connectivity index (χ1) is 13.4. The fourth-order valence-electron chi connectivity index (χ4n) is 3.61. The van der Waals surface area contributed by atoms with E-state index >= 15 is 0 Å². The molecule has 3 rings (SSSR count). The van der Waals surface area contributed by atoms with Gasteiger partial charge >= 0.3 is 0 Å². The van der Waals surface area contributed by atoms with Gasteiger partial charge in [0.15, 0.2) is 0 Å². The van der Waals surface area contributed by atoms with Crippen LogP contribution in [-0.2, 0) is 9.59 Å². The van der Waals surface area contributed by atoms with Crippen molar-refractivity contribution in [2.75, 3.05) is 39.0 Å². The molecule has 28 heavy (non-hydrogen) atoms. The van der Waals surface area contributed by atoms with Gasteiger partial charge in [0, 0.05) is 37.6 Å². The molecule has 1 aromatic carbocycles. The van der Waals surface area contributed by atoms with Gasteiger partial charge in [-0.15, -0.1) is 11.8 Å². The average Bonchev–Trinajstić information content (AvgIpc) is 3.13. The molecule has 0 saturated carbocycles. The molecule has 152 valence electrons. The van der Waals surface area contributed by atoms with Crippen LogP contribution in [0.2, 0.25) is 0 Å². The smallest absolute Gasteiger partial charge is 0.251 e. The third-order valence-electron chi connectivity index (χ3n) is 5.17. The second-order valence-electron chi connectivity index (χ2n) is 7.50. The van der Waals surface area contributed by atoms with E-state index in [0.717, 1.165) is 37.2 Å². The normalized spacial score (nSPS) is 21.8. The molecule has 2 heterocycles. The number of hydrogen-bond acceptors (Lipinski definition) is 5. The first kappa shape index (κ1) is 20.7. The molecule has 2 atom stereocenters. The van der Waals surface area contributed by atoms with E-state index in [9.17, 15) is 14.4 Å². The van der Waals surface area contributed by atoms with Gasteiger partial charge in [0.05, 0.1) is 17.0 Å². The molecule has 7 nitrogen and oxygen atoms in total. The van der Waals surface area contributed by atoms with Crippen molar-refractivity contribution in [3.8, 4) is 0 Å². The van der Waals surface area contributed by atoms with Gasteiger partial charge in [-0.3, -0.25) is 19.3 Å². The Morgan fingerprint density at radius 2 is 2.14 bits per heavy atom. The standard InChI is InChI=1S/C20H28N4O3S/c1-13-18(25)22-15-12-14(7-8-17(15)28-13)19(26)21-9-5-11-24-10-4-6-16(24)20(27)23(2)3/h7-8,12-13,16H,4-6,9-11H2,1-3H3,(H,21,26)(H,22,25)/t13-,16-/m0/s1. The molecule has 3 amide bonds. The summed E-state index contributed by atoms with van der Waals surface area (Å²) in [5.41, 5.74) is 1.24. The van der Waals surface area contributed by atoms with Crippen molar-refractivity contribution in [3.63, 3.8) is 0 Å². The minimum Gasteiger partial charge on any atom is -0.352 e. The molecule has 1 fully saturated rings. The zero-order chi connectivity index (χ0) is 20.3. The Morgan fingerprint density at radius 1 is 1.36 bits per heavy atom. The Balaban J connectivity index is 1.48. The number of likely N-dealkylation sites (N-methyl/N-ethyl adjacent to an activating group) is 1. The highest BCUT2D eigenvalue weighted by molar-refractivity contribution is 8.00. The molecular formula is C20H28N4O3S. The van der Waals surface area contributed by atoms with Crippen LogP contribution in [0, 0.1) is 0 Å². The predicted octanol–water partition coefficient (Wildman–Crippen LogP) is 1.79. The number of benzene rings is 1. The maximum atomic E-state index is 12.4. The van der Waals surface area contributed by atoms with E-state index in [1.54, 1.807) is 31.1 Å². The molecular weight excluding hydrogens is 376 g/mol. The molecule has 0 bridgehead atoms. The van der Waals surface area contributed by atoms with Crippen LogP contribution in [0.1, 0.15) is 36.5 Å². The summed E-state index contributed by atoms with van der Waals surface area (Å²) in [5, 5.41) is 5.66. The maximum absolute atomic E-state index is 12.4. The van der Waals surface area contributed by atoms with Crippen molar-refractivity contribution in [2.24, 2.45) is 0 Å². The Labute approximate surface area is 170 Å². The van der Waals surface area contributed by atoms with Gasteiger partial charge in [0.1, 0.15) is 0 Å². The Hall–Kier alpha value is -2.06. The SMILES string of the molecule is C[C@@H]1Sc2ccc(C(=O)NCCCN3CCC[C@H]3C(=O)N(C)C)cc2NC1=O. The average molecular weight is 405 g/mol. The first-order valence-corrected chi connectivity index (χ1v) is 10.6. The van der Waals surface area contributed by atoms with E-state index in [-0.39, 0.29) is 29.0 Å². The maximum Gasteiger partial charge on any atom is 0.251 e. The van der Waals surface area contributed by atoms with Crippen LogP contribution in [0.4, 0.5) is 5.69 Å². The van der Waals surface area contributed by atoms with Crippen molar-refractivity contribution >= 4 is 35.2 Å². The second kappa shape index (κ2) is 8.96. The van der Waals surface area contributed by atoms with Crippen LogP contribution < -0.4 is 10.6 Å². The van der Waals surface area contributed by atoms with Crippen molar-refractivity contribution in [1.29, 1.82) is 0 Å². The molecule has 0 unspecified atom stereocenters. The van der Waals surface area contributed by atoms with E-state index in [4.69, 9.17) is 0 Å². The second-order valence-corrected chi connectivity index (χ2v) is 8.88. The highest BCUT2D eigenvalue weighted by Gasteiger charge is 2.31. The fourth-order valence-corrected chi connectivity index (χ4v) is 4.54. The van der Waals surface area contributed by atoms with E-state index < -0.39 is 0 Å². The fraction of sp³-hybridized carbons (Fsp3) is 0.550. The van der Waals surface area contributed by atoms with Gasteiger partial charge in [0.2, 0.25) is 11.8 Å². The highest BCUT2D eigenvalue weighted by atomic mass is 32.2. The van der Waals surface area contributed by atoms with Crippen LogP contribution in [0.25, 0.3) is 0 Å². The number of rotatable bonds is 6. The van der Waals surface area contributed by atoms with Gasteiger partial charge in [-0.05, 0) is 50.9 Å². The third-order valence-corrected chi connectivity index (χ3v) is 6.35. The lowest BCUT2D eigenvalue weighted by Gasteiger charge is -2.26. The highest BCUT2D eigenvalue weighted by Crippen LogP contribution is 2.35. The lowest BCUT2D eigenvalue weighted by Crippen LogP contribution is -2.43. The summed E-state index contributed by atoms with van der Waals surface area (Å²) in [7, 11) is 3.58. The number of thioether (sulfide) groups is 1.